The number of hydrogen-bond acceptors (Lipinski definition) is 3. The van der Waals surface area contributed by atoms with E-state index >= 15 is 0 Å². The van der Waals surface area contributed by atoms with Crippen LogP contribution in [0.1, 0.15) is 27.7 Å². The zero-order valence-electron chi connectivity index (χ0n) is 11.9. The lowest BCUT2D eigenvalue weighted by molar-refractivity contribution is -0.00925. The van der Waals surface area contributed by atoms with Crippen LogP contribution in [0.25, 0.3) is 0 Å². The number of hydrogen-bond donors (Lipinski definition) is 1. The molecule has 0 aromatic rings. The van der Waals surface area contributed by atoms with Crippen molar-refractivity contribution < 1.29 is 0 Å². The van der Waals surface area contributed by atoms with Crippen LogP contribution in [0.5, 0.6) is 0 Å². The zero-order chi connectivity index (χ0) is 12.3. The van der Waals surface area contributed by atoms with Gasteiger partial charge in [-0.1, -0.05) is 13.8 Å². The molecule has 0 radical (unpaired) electrons. The number of nitrogens with one attached hydrogen (secondary N) is 1. The first kappa shape index (κ1) is 13.9. The van der Waals surface area contributed by atoms with Crippen molar-refractivity contribution in [2.45, 2.75) is 39.3 Å². The van der Waals surface area contributed by atoms with Crippen molar-refractivity contribution in [3.05, 3.63) is 0 Å². The molecular formula is C13H29N3. The van der Waals surface area contributed by atoms with Gasteiger partial charge in [0.05, 0.1) is 0 Å². The van der Waals surface area contributed by atoms with Gasteiger partial charge in [0.1, 0.15) is 0 Å². The molecule has 0 amide bonds. The van der Waals surface area contributed by atoms with E-state index in [1.165, 1.54) is 19.6 Å². The first-order chi connectivity index (χ1) is 7.36. The third kappa shape index (κ3) is 3.44. The van der Waals surface area contributed by atoms with Crippen molar-refractivity contribution >= 4 is 0 Å². The van der Waals surface area contributed by atoms with Gasteiger partial charge in [-0.2, -0.15) is 0 Å². The maximum Gasteiger partial charge on any atom is 0.0350 e. The lowest BCUT2D eigenvalue weighted by Gasteiger charge is -2.50. The highest BCUT2D eigenvalue weighted by Crippen LogP contribution is 2.23. The zero-order valence-corrected chi connectivity index (χ0v) is 11.9. The summed E-state index contributed by atoms with van der Waals surface area (Å²) in [6.07, 6.45) is 0. The molecule has 1 rings (SSSR count). The molecule has 1 N–H and O–H groups in total. The Kier molecular flexibility index (Phi) is 4.77. The van der Waals surface area contributed by atoms with Gasteiger partial charge in [0.25, 0.3) is 0 Å². The van der Waals surface area contributed by atoms with Crippen molar-refractivity contribution in [1.29, 1.82) is 0 Å². The van der Waals surface area contributed by atoms with Gasteiger partial charge in [0.15, 0.2) is 0 Å². The maximum absolute atomic E-state index is 3.31. The van der Waals surface area contributed by atoms with Gasteiger partial charge in [0, 0.05) is 37.8 Å². The molecule has 1 aliphatic rings. The van der Waals surface area contributed by atoms with Crippen molar-refractivity contribution in [2.24, 2.45) is 5.92 Å². The lowest BCUT2D eigenvalue weighted by atomic mass is 9.95. The summed E-state index contributed by atoms with van der Waals surface area (Å²) >= 11 is 0. The fourth-order valence-electron chi connectivity index (χ4n) is 2.73. The van der Waals surface area contributed by atoms with Crippen LogP contribution in [-0.4, -0.2) is 61.7 Å². The first-order valence-corrected chi connectivity index (χ1v) is 6.46. The van der Waals surface area contributed by atoms with Crippen LogP contribution in [0, 0.1) is 5.92 Å². The van der Waals surface area contributed by atoms with Gasteiger partial charge in [-0.3, -0.25) is 9.80 Å². The minimum absolute atomic E-state index is 0.286. The fraction of sp³-hybridized carbons (Fsp3) is 1.00. The molecule has 1 atom stereocenters. The largest absolute Gasteiger partial charge is 0.318 e. The summed E-state index contributed by atoms with van der Waals surface area (Å²) in [6, 6.07) is 0.632. The summed E-state index contributed by atoms with van der Waals surface area (Å²) in [5.74, 6) is 0.759. The average molecular weight is 227 g/mol. The van der Waals surface area contributed by atoms with Gasteiger partial charge < -0.3 is 5.32 Å². The Morgan fingerprint density at radius 2 is 2.00 bits per heavy atom. The Morgan fingerprint density at radius 3 is 2.50 bits per heavy atom. The van der Waals surface area contributed by atoms with Crippen molar-refractivity contribution in [3.63, 3.8) is 0 Å². The molecule has 3 heteroatoms. The highest BCUT2D eigenvalue weighted by atomic mass is 15.3. The molecule has 0 bridgehead atoms. The van der Waals surface area contributed by atoms with Crippen LogP contribution in [0.2, 0.25) is 0 Å². The normalized spacial score (nSPS) is 27.6. The Labute approximate surface area is 101 Å². The molecule has 0 spiro atoms. The molecule has 3 nitrogen and oxygen atoms in total. The third-order valence-corrected chi connectivity index (χ3v) is 3.65. The SMILES string of the molecule is CNCC1CN(CC(C)C)CC(C)(C)N1C. The highest BCUT2D eigenvalue weighted by molar-refractivity contribution is 4.94. The minimum Gasteiger partial charge on any atom is -0.318 e. The van der Waals surface area contributed by atoms with Crippen LogP contribution >= 0.6 is 0 Å². The van der Waals surface area contributed by atoms with Gasteiger partial charge in [-0.05, 0) is 33.9 Å². The molecular weight excluding hydrogens is 198 g/mol. The average Bonchev–Trinajstić information content (AvgIpc) is 2.12. The Bertz CT molecular complexity index is 213. The second kappa shape index (κ2) is 5.48. The molecule has 16 heavy (non-hydrogen) atoms. The summed E-state index contributed by atoms with van der Waals surface area (Å²) in [5.41, 5.74) is 0.286. The second-order valence-corrected chi connectivity index (χ2v) is 6.22. The monoisotopic (exact) mass is 227 g/mol. The summed E-state index contributed by atoms with van der Waals surface area (Å²) in [5, 5.41) is 3.31. The topological polar surface area (TPSA) is 18.5 Å². The Balaban J connectivity index is 2.65. The quantitative estimate of drug-likeness (QED) is 0.780. The van der Waals surface area contributed by atoms with Gasteiger partial charge in [0.2, 0.25) is 0 Å². The summed E-state index contributed by atoms with van der Waals surface area (Å²) in [6.45, 7) is 14.0. The summed E-state index contributed by atoms with van der Waals surface area (Å²) in [4.78, 5) is 5.15. The maximum atomic E-state index is 3.31. The van der Waals surface area contributed by atoms with E-state index in [0.29, 0.717) is 6.04 Å². The first-order valence-electron chi connectivity index (χ1n) is 6.46. The van der Waals surface area contributed by atoms with E-state index in [0.717, 1.165) is 12.5 Å². The van der Waals surface area contributed by atoms with Crippen LogP contribution in [0.4, 0.5) is 0 Å². The molecule has 0 saturated carbocycles. The van der Waals surface area contributed by atoms with Crippen molar-refractivity contribution in [3.8, 4) is 0 Å². The van der Waals surface area contributed by atoms with Crippen LogP contribution in [-0.2, 0) is 0 Å². The van der Waals surface area contributed by atoms with E-state index in [1.54, 1.807) is 0 Å². The van der Waals surface area contributed by atoms with E-state index < -0.39 is 0 Å². The predicted octanol–water partition coefficient (Wildman–Crippen LogP) is 1.26. The van der Waals surface area contributed by atoms with Crippen LogP contribution < -0.4 is 5.32 Å². The van der Waals surface area contributed by atoms with Crippen molar-refractivity contribution in [2.75, 3.05) is 40.3 Å². The van der Waals surface area contributed by atoms with Gasteiger partial charge >= 0.3 is 0 Å². The fourth-order valence-corrected chi connectivity index (χ4v) is 2.73. The number of rotatable bonds is 4. The number of nitrogens with zero attached hydrogens (tertiary/aromatic N) is 2. The molecule has 96 valence electrons. The Hall–Kier alpha value is -0.120. The molecule has 0 aromatic carbocycles. The molecule has 1 unspecified atom stereocenters. The third-order valence-electron chi connectivity index (χ3n) is 3.65. The van der Waals surface area contributed by atoms with E-state index in [2.05, 4.69) is 49.9 Å². The van der Waals surface area contributed by atoms with E-state index in [4.69, 9.17) is 0 Å². The van der Waals surface area contributed by atoms with Crippen LogP contribution in [0.15, 0.2) is 0 Å². The summed E-state index contributed by atoms with van der Waals surface area (Å²) in [7, 11) is 4.30. The minimum atomic E-state index is 0.286. The lowest BCUT2D eigenvalue weighted by Crippen LogP contribution is -2.64. The standard InChI is InChI=1S/C13H29N3/c1-11(2)8-16-9-12(7-14-5)15(6)13(3,4)10-16/h11-12,14H,7-10H2,1-6H3. The van der Waals surface area contributed by atoms with Gasteiger partial charge in [-0.25, -0.2) is 0 Å². The van der Waals surface area contributed by atoms with Crippen molar-refractivity contribution in [1.82, 2.24) is 15.1 Å². The number of piperazine rings is 1. The molecule has 0 aromatic heterocycles. The van der Waals surface area contributed by atoms with E-state index in [-0.39, 0.29) is 5.54 Å². The highest BCUT2D eigenvalue weighted by Gasteiger charge is 2.36. The van der Waals surface area contributed by atoms with E-state index in [1.807, 2.05) is 7.05 Å². The molecule has 1 saturated heterocycles. The number of likely N-dealkylation sites (N-methyl/N-ethyl adjacent to an activating group) is 2. The molecule has 1 aliphatic heterocycles. The van der Waals surface area contributed by atoms with E-state index in [9.17, 15) is 0 Å². The predicted molar refractivity (Wildman–Crippen MR) is 70.8 cm³/mol. The second-order valence-electron chi connectivity index (χ2n) is 6.22. The smallest absolute Gasteiger partial charge is 0.0350 e. The van der Waals surface area contributed by atoms with Gasteiger partial charge in [-0.15, -0.1) is 0 Å². The Morgan fingerprint density at radius 1 is 1.38 bits per heavy atom. The van der Waals surface area contributed by atoms with Crippen LogP contribution in [0.3, 0.4) is 0 Å². The molecule has 1 fully saturated rings. The molecule has 1 heterocycles. The summed E-state index contributed by atoms with van der Waals surface area (Å²) < 4.78 is 0. The molecule has 0 aliphatic carbocycles.